The summed E-state index contributed by atoms with van der Waals surface area (Å²) in [6.07, 6.45) is 41.3. The van der Waals surface area contributed by atoms with Crippen molar-refractivity contribution in [2.45, 2.75) is 257 Å². The Bertz CT molecular complexity index is 772. The van der Waals surface area contributed by atoms with E-state index in [2.05, 4.69) is 38.2 Å². The molecule has 0 bridgehead atoms. The van der Waals surface area contributed by atoms with Crippen LogP contribution < -0.4 is 5.32 Å². The van der Waals surface area contributed by atoms with Gasteiger partial charge in [-0.1, -0.05) is 187 Å². The first-order valence-corrected chi connectivity index (χ1v) is 22.4. The van der Waals surface area contributed by atoms with Gasteiger partial charge in [-0.25, -0.2) is 0 Å². The Morgan fingerprint density at radius 1 is 0.549 bits per heavy atom. The molecular formula is C45H87NO5. The average molecular weight is 722 g/mol. The molecule has 0 rings (SSSR count). The van der Waals surface area contributed by atoms with Crippen LogP contribution in [0.3, 0.4) is 0 Å². The predicted octanol–water partition coefficient (Wildman–Crippen LogP) is 12.6. The first kappa shape index (κ1) is 49.6. The molecule has 0 spiro atoms. The van der Waals surface area contributed by atoms with Crippen molar-refractivity contribution in [3.8, 4) is 0 Å². The second-order valence-corrected chi connectivity index (χ2v) is 15.5. The normalized spacial score (nSPS) is 13.4. The van der Waals surface area contributed by atoms with E-state index < -0.39 is 18.2 Å². The molecule has 1 amide bonds. The van der Waals surface area contributed by atoms with Gasteiger partial charge in [-0.2, -0.15) is 0 Å². The van der Waals surface area contributed by atoms with Crippen molar-refractivity contribution < 1.29 is 24.5 Å². The number of amides is 1. The van der Waals surface area contributed by atoms with Crippen LogP contribution in [0.25, 0.3) is 0 Å². The smallest absolute Gasteiger partial charge is 0.306 e. The number of aliphatic hydroxyl groups is 2. The summed E-state index contributed by atoms with van der Waals surface area (Å²) in [7, 11) is 0. The number of unbranched alkanes of at least 4 members (excludes halogenated alkanes) is 26. The molecule has 0 aromatic carbocycles. The van der Waals surface area contributed by atoms with Gasteiger partial charge in [-0.05, 0) is 51.4 Å². The maximum absolute atomic E-state index is 13.0. The van der Waals surface area contributed by atoms with Crippen molar-refractivity contribution in [1.29, 1.82) is 0 Å². The van der Waals surface area contributed by atoms with Gasteiger partial charge in [0.1, 0.15) is 6.10 Å². The highest BCUT2D eigenvalue weighted by Crippen LogP contribution is 2.17. The summed E-state index contributed by atoms with van der Waals surface area (Å²) in [5.41, 5.74) is 0. The number of carbonyl (C=O) groups is 2. The zero-order valence-corrected chi connectivity index (χ0v) is 34.3. The highest BCUT2D eigenvalue weighted by molar-refractivity contribution is 5.77. The quantitative estimate of drug-likeness (QED) is 0.0332. The van der Waals surface area contributed by atoms with Gasteiger partial charge in [0.2, 0.25) is 5.91 Å². The summed E-state index contributed by atoms with van der Waals surface area (Å²) in [5, 5.41) is 23.5. The molecule has 3 N–H and O–H groups in total. The molecule has 6 heteroatoms. The molecule has 0 saturated carbocycles. The molecule has 0 aromatic rings. The van der Waals surface area contributed by atoms with E-state index in [4.69, 9.17) is 4.74 Å². The van der Waals surface area contributed by atoms with E-state index in [1.165, 1.54) is 141 Å². The fourth-order valence-electron chi connectivity index (χ4n) is 6.89. The number of hydrogen-bond acceptors (Lipinski definition) is 5. The number of allylic oxidation sites excluding steroid dienone is 2. The van der Waals surface area contributed by atoms with Gasteiger partial charge in [0, 0.05) is 6.42 Å². The van der Waals surface area contributed by atoms with Crippen LogP contribution in [0.1, 0.15) is 239 Å². The highest BCUT2D eigenvalue weighted by atomic mass is 16.5. The number of aliphatic hydroxyl groups excluding tert-OH is 2. The molecule has 0 fully saturated rings. The van der Waals surface area contributed by atoms with Crippen LogP contribution in [0.15, 0.2) is 12.2 Å². The van der Waals surface area contributed by atoms with E-state index in [0.29, 0.717) is 19.3 Å². The van der Waals surface area contributed by atoms with E-state index in [-0.39, 0.29) is 24.9 Å². The summed E-state index contributed by atoms with van der Waals surface area (Å²) >= 11 is 0. The van der Waals surface area contributed by atoms with Crippen molar-refractivity contribution in [3.05, 3.63) is 12.2 Å². The van der Waals surface area contributed by atoms with Crippen LogP contribution in [0.2, 0.25) is 0 Å². The molecule has 302 valence electrons. The molecule has 3 unspecified atom stereocenters. The van der Waals surface area contributed by atoms with Gasteiger partial charge >= 0.3 is 5.97 Å². The van der Waals surface area contributed by atoms with Crippen LogP contribution in [0.5, 0.6) is 0 Å². The summed E-state index contributed by atoms with van der Waals surface area (Å²) in [4.78, 5) is 25.9. The van der Waals surface area contributed by atoms with Gasteiger partial charge < -0.3 is 20.3 Å². The second kappa shape index (κ2) is 39.8. The van der Waals surface area contributed by atoms with Gasteiger partial charge in [0.05, 0.1) is 25.2 Å². The Kier molecular flexibility index (Phi) is 38.7. The van der Waals surface area contributed by atoms with Crippen LogP contribution >= 0.6 is 0 Å². The lowest BCUT2D eigenvalue weighted by Crippen LogP contribution is -2.46. The highest BCUT2D eigenvalue weighted by Gasteiger charge is 2.24. The predicted molar refractivity (Wildman–Crippen MR) is 218 cm³/mol. The van der Waals surface area contributed by atoms with Crippen molar-refractivity contribution in [2.24, 2.45) is 0 Å². The number of nitrogens with one attached hydrogen (secondary N) is 1. The Labute approximate surface area is 317 Å². The summed E-state index contributed by atoms with van der Waals surface area (Å²) in [6.45, 7) is 6.42. The van der Waals surface area contributed by atoms with Crippen LogP contribution in [-0.4, -0.2) is 46.9 Å². The molecule has 0 aromatic heterocycles. The number of carbonyl (C=O) groups excluding carboxylic acids is 2. The lowest BCUT2D eigenvalue weighted by Gasteiger charge is -2.24. The monoisotopic (exact) mass is 722 g/mol. The molecule has 0 aliphatic carbocycles. The van der Waals surface area contributed by atoms with Crippen molar-refractivity contribution in [2.75, 3.05) is 6.61 Å². The minimum Gasteiger partial charge on any atom is -0.462 e. The molecular weight excluding hydrogens is 634 g/mol. The molecule has 51 heavy (non-hydrogen) atoms. The standard InChI is InChI=1S/C45H87NO5/c1-4-7-10-13-16-19-20-21-22-23-24-26-29-32-35-38-45(50)51-41(36-33-30-27-18-15-12-9-6-3)39-44(49)46-42(40-47)43(48)37-34-31-28-25-17-14-11-8-5-2/h19-20,41-43,47-48H,4-18,21-40H2,1-3H3,(H,46,49)/b20-19-. The SMILES string of the molecule is CCCCCC/C=C\CCCCCCCCCC(=O)OC(CCCCCCCCCC)CC(=O)NC(CO)C(O)CCCCCCCCCCC. The van der Waals surface area contributed by atoms with E-state index in [1.807, 2.05) is 0 Å². The van der Waals surface area contributed by atoms with Crippen LogP contribution in [0.4, 0.5) is 0 Å². The Morgan fingerprint density at radius 3 is 1.41 bits per heavy atom. The van der Waals surface area contributed by atoms with E-state index in [9.17, 15) is 19.8 Å². The third kappa shape index (κ3) is 35.4. The Morgan fingerprint density at radius 2 is 0.941 bits per heavy atom. The van der Waals surface area contributed by atoms with Crippen LogP contribution in [-0.2, 0) is 14.3 Å². The van der Waals surface area contributed by atoms with Gasteiger partial charge in [0.25, 0.3) is 0 Å². The molecule has 0 saturated heterocycles. The van der Waals surface area contributed by atoms with Crippen molar-refractivity contribution in [1.82, 2.24) is 5.32 Å². The number of hydrogen-bond donors (Lipinski definition) is 3. The third-order valence-electron chi connectivity index (χ3n) is 10.3. The zero-order chi connectivity index (χ0) is 37.5. The molecule has 0 aliphatic rings. The largest absolute Gasteiger partial charge is 0.462 e. The maximum atomic E-state index is 13.0. The minimum atomic E-state index is -0.779. The second-order valence-electron chi connectivity index (χ2n) is 15.5. The first-order valence-electron chi connectivity index (χ1n) is 22.4. The number of esters is 1. The molecule has 3 atom stereocenters. The van der Waals surface area contributed by atoms with Crippen molar-refractivity contribution >= 4 is 11.9 Å². The molecule has 0 radical (unpaired) electrons. The zero-order valence-electron chi connectivity index (χ0n) is 34.3. The van der Waals surface area contributed by atoms with Crippen molar-refractivity contribution in [3.63, 3.8) is 0 Å². The topological polar surface area (TPSA) is 95.9 Å². The Hall–Kier alpha value is -1.40. The van der Waals surface area contributed by atoms with E-state index >= 15 is 0 Å². The fourth-order valence-corrected chi connectivity index (χ4v) is 6.89. The minimum absolute atomic E-state index is 0.0809. The van der Waals surface area contributed by atoms with Gasteiger partial charge in [-0.15, -0.1) is 0 Å². The molecule has 0 aliphatic heterocycles. The van der Waals surface area contributed by atoms with E-state index in [1.54, 1.807) is 0 Å². The number of ether oxygens (including phenoxy) is 1. The maximum Gasteiger partial charge on any atom is 0.306 e. The molecule has 6 nitrogen and oxygen atoms in total. The first-order chi connectivity index (χ1) is 25.0. The van der Waals surface area contributed by atoms with Gasteiger partial charge in [0.15, 0.2) is 0 Å². The molecule has 0 heterocycles. The lowest BCUT2D eigenvalue weighted by atomic mass is 10.0. The van der Waals surface area contributed by atoms with E-state index in [0.717, 1.165) is 51.4 Å². The summed E-state index contributed by atoms with van der Waals surface area (Å²) < 4.78 is 5.88. The number of rotatable bonds is 40. The average Bonchev–Trinajstić information content (AvgIpc) is 3.12. The fraction of sp³-hybridized carbons (Fsp3) is 0.911. The summed E-state index contributed by atoms with van der Waals surface area (Å²) in [5.74, 6) is -0.474. The third-order valence-corrected chi connectivity index (χ3v) is 10.3. The lowest BCUT2D eigenvalue weighted by molar-refractivity contribution is -0.151. The van der Waals surface area contributed by atoms with Gasteiger partial charge in [-0.3, -0.25) is 9.59 Å². The summed E-state index contributed by atoms with van der Waals surface area (Å²) in [6, 6.07) is -0.692. The Balaban J connectivity index is 4.46. The van der Waals surface area contributed by atoms with Crippen LogP contribution in [0, 0.1) is 0 Å².